The molecule has 4 N–H and O–H groups in total. The smallest absolute Gasteiger partial charge is 0.254 e. The van der Waals surface area contributed by atoms with Crippen LogP contribution >= 0.6 is 24.8 Å². The lowest BCUT2D eigenvalue weighted by atomic mass is 10.1. The molecule has 0 radical (unpaired) electrons. The second-order valence-corrected chi connectivity index (χ2v) is 7.44. The fourth-order valence-corrected chi connectivity index (χ4v) is 3.00. The highest BCUT2D eigenvalue weighted by atomic mass is 35.5. The van der Waals surface area contributed by atoms with E-state index < -0.39 is 29.2 Å². The lowest BCUT2D eigenvalue weighted by Gasteiger charge is -2.20. The number of ether oxygens (including phenoxy) is 2. The first-order valence-electron chi connectivity index (χ1n) is 10.3. The molecule has 1 atom stereocenters. The van der Waals surface area contributed by atoms with E-state index in [9.17, 15) is 9.18 Å². The number of amides is 1. The Morgan fingerprint density at radius 1 is 1.15 bits per heavy atom. The number of carbonyl (C=O) groups excluding carboxylic acids is 1. The van der Waals surface area contributed by atoms with E-state index in [-0.39, 0.29) is 56.2 Å². The topological polar surface area (TPSA) is 101 Å². The van der Waals surface area contributed by atoms with Crippen LogP contribution in [0.2, 0.25) is 0 Å². The maximum absolute atomic E-state index is 15.1. The van der Waals surface area contributed by atoms with Crippen LogP contribution in [-0.4, -0.2) is 50.5 Å². The van der Waals surface area contributed by atoms with Crippen LogP contribution in [0.4, 0.5) is 8.78 Å². The molecule has 1 unspecified atom stereocenters. The molecule has 34 heavy (non-hydrogen) atoms. The van der Waals surface area contributed by atoms with Gasteiger partial charge < -0.3 is 25.4 Å². The number of hydrogen-bond donors (Lipinski definition) is 3. The van der Waals surface area contributed by atoms with Crippen molar-refractivity contribution in [2.24, 2.45) is 5.73 Å². The Bertz CT molecular complexity index is 931. The van der Waals surface area contributed by atoms with Crippen molar-refractivity contribution in [2.75, 3.05) is 33.9 Å². The van der Waals surface area contributed by atoms with Gasteiger partial charge in [0.1, 0.15) is 11.7 Å². The number of benzene rings is 2. The minimum absolute atomic E-state index is 0. The second kappa shape index (κ2) is 15.4. The third-order valence-electron chi connectivity index (χ3n) is 4.66. The van der Waals surface area contributed by atoms with Gasteiger partial charge in [0.15, 0.2) is 17.7 Å². The predicted octanol–water partition coefficient (Wildman–Crippen LogP) is 3.82. The summed E-state index contributed by atoms with van der Waals surface area (Å²) >= 11 is 0. The highest BCUT2D eigenvalue weighted by molar-refractivity contribution is 5.94. The summed E-state index contributed by atoms with van der Waals surface area (Å²) in [4.78, 5) is 14.7. The summed E-state index contributed by atoms with van der Waals surface area (Å²) < 4.78 is 40.5. The van der Waals surface area contributed by atoms with E-state index in [1.807, 2.05) is 19.0 Å². The zero-order chi connectivity index (χ0) is 23.7. The number of nitrogen functional groups attached to an aromatic ring is 1. The van der Waals surface area contributed by atoms with Crippen LogP contribution in [0.1, 0.15) is 36.1 Å². The first-order chi connectivity index (χ1) is 15.2. The van der Waals surface area contributed by atoms with Crippen LogP contribution in [0.15, 0.2) is 36.4 Å². The van der Waals surface area contributed by atoms with Crippen LogP contribution in [0.5, 0.6) is 5.75 Å². The Morgan fingerprint density at radius 2 is 1.79 bits per heavy atom. The molecule has 0 saturated carbocycles. The summed E-state index contributed by atoms with van der Waals surface area (Å²) in [6, 6.07) is 8.99. The summed E-state index contributed by atoms with van der Waals surface area (Å²) in [5.41, 5.74) is 6.23. The SMILES string of the molecule is CCOC(C(=O)NCc1ccc(C(=N)N)cc1)c1c(F)ccc(OCCCN(C)C)c1F.Cl.Cl. The van der Waals surface area contributed by atoms with Crippen LogP contribution < -0.4 is 15.8 Å². The Hall–Kier alpha value is -2.46. The van der Waals surface area contributed by atoms with Crippen LogP contribution in [0.3, 0.4) is 0 Å². The third-order valence-corrected chi connectivity index (χ3v) is 4.66. The number of rotatable bonds is 12. The van der Waals surface area contributed by atoms with E-state index in [4.69, 9.17) is 20.6 Å². The van der Waals surface area contributed by atoms with Gasteiger partial charge in [0, 0.05) is 25.3 Å². The van der Waals surface area contributed by atoms with Gasteiger partial charge in [-0.25, -0.2) is 8.78 Å². The number of nitrogens with zero attached hydrogens (tertiary/aromatic N) is 1. The number of nitrogens with one attached hydrogen (secondary N) is 2. The largest absolute Gasteiger partial charge is 0.490 e. The number of hydrogen-bond acceptors (Lipinski definition) is 5. The Morgan fingerprint density at radius 3 is 2.35 bits per heavy atom. The van der Waals surface area contributed by atoms with E-state index in [1.165, 1.54) is 6.07 Å². The fourth-order valence-electron chi connectivity index (χ4n) is 3.00. The summed E-state index contributed by atoms with van der Waals surface area (Å²) in [6.07, 6.45) is -0.807. The standard InChI is InChI=1S/C23H30F2N4O3.2ClH/c1-4-31-21(23(30)28-14-15-6-8-16(9-7-15)22(26)27)19-17(24)10-11-18(20(19)25)32-13-5-12-29(2)3;;/h6-11,21H,4-5,12-14H2,1-3H3,(H3,26,27)(H,28,30);2*1H. The Kier molecular flexibility index (Phi) is 14.3. The van der Waals surface area contributed by atoms with Gasteiger partial charge in [-0.3, -0.25) is 10.2 Å². The molecule has 0 aliphatic carbocycles. The van der Waals surface area contributed by atoms with Crippen LogP contribution in [0, 0.1) is 17.0 Å². The van der Waals surface area contributed by atoms with Gasteiger partial charge >= 0.3 is 0 Å². The van der Waals surface area contributed by atoms with Crippen LogP contribution in [-0.2, 0) is 16.1 Å². The summed E-state index contributed by atoms with van der Waals surface area (Å²) in [7, 11) is 3.83. The molecule has 2 rings (SSSR count). The van der Waals surface area contributed by atoms with E-state index >= 15 is 4.39 Å². The minimum atomic E-state index is -1.47. The minimum Gasteiger partial charge on any atom is -0.490 e. The number of halogens is 4. The molecular formula is C23H32Cl2F2N4O3. The Balaban J connectivity index is 0.00000544. The Labute approximate surface area is 211 Å². The normalized spacial score (nSPS) is 11.2. The molecular weight excluding hydrogens is 489 g/mol. The highest BCUT2D eigenvalue weighted by Gasteiger charge is 2.29. The molecule has 0 bridgehead atoms. The van der Waals surface area contributed by atoms with Gasteiger partial charge in [-0.1, -0.05) is 24.3 Å². The third kappa shape index (κ3) is 9.06. The second-order valence-electron chi connectivity index (χ2n) is 7.44. The van der Waals surface area contributed by atoms with Crippen molar-refractivity contribution < 1.29 is 23.0 Å². The average molecular weight is 521 g/mol. The summed E-state index contributed by atoms with van der Waals surface area (Å²) in [5.74, 6) is -2.70. The molecule has 0 fully saturated rings. The van der Waals surface area contributed by atoms with Gasteiger partial charge in [-0.15, -0.1) is 24.8 Å². The van der Waals surface area contributed by atoms with Gasteiger partial charge in [0.2, 0.25) is 0 Å². The highest BCUT2D eigenvalue weighted by Crippen LogP contribution is 2.30. The van der Waals surface area contributed by atoms with Gasteiger partial charge in [-0.2, -0.15) is 0 Å². The molecule has 2 aromatic rings. The molecule has 0 spiro atoms. The van der Waals surface area contributed by atoms with Crippen molar-refractivity contribution in [3.8, 4) is 5.75 Å². The predicted molar refractivity (Wildman–Crippen MR) is 133 cm³/mol. The monoisotopic (exact) mass is 520 g/mol. The van der Waals surface area contributed by atoms with Crippen molar-refractivity contribution in [1.29, 1.82) is 5.41 Å². The molecule has 11 heteroatoms. The van der Waals surface area contributed by atoms with Crippen molar-refractivity contribution in [3.63, 3.8) is 0 Å². The molecule has 0 aliphatic heterocycles. The van der Waals surface area contributed by atoms with Crippen molar-refractivity contribution in [3.05, 3.63) is 64.7 Å². The maximum atomic E-state index is 15.1. The van der Waals surface area contributed by atoms with Crippen LogP contribution in [0.25, 0.3) is 0 Å². The molecule has 0 saturated heterocycles. The summed E-state index contributed by atoms with van der Waals surface area (Å²) in [5, 5.41) is 10.1. The molecule has 0 aromatic heterocycles. The first-order valence-corrected chi connectivity index (χ1v) is 10.3. The number of amidine groups is 1. The first kappa shape index (κ1) is 31.5. The van der Waals surface area contributed by atoms with E-state index in [2.05, 4.69) is 5.32 Å². The molecule has 2 aromatic carbocycles. The quantitative estimate of drug-likeness (QED) is 0.224. The van der Waals surface area contributed by atoms with E-state index in [0.29, 0.717) is 12.0 Å². The molecule has 7 nitrogen and oxygen atoms in total. The zero-order valence-corrected chi connectivity index (χ0v) is 21.0. The molecule has 1 amide bonds. The van der Waals surface area contributed by atoms with E-state index in [1.54, 1.807) is 31.2 Å². The van der Waals surface area contributed by atoms with Crippen molar-refractivity contribution >= 4 is 36.6 Å². The van der Waals surface area contributed by atoms with E-state index in [0.717, 1.165) is 18.2 Å². The van der Waals surface area contributed by atoms with Crippen molar-refractivity contribution in [1.82, 2.24) is 10.2 Å². The number of nitrogens with two attached hydrogens (primary N) is 1. The lowest BCUT2D eigenvalue weighted by Crippen LogP contribution is -2.32. The van der Waals surface area contributed by atoms with Gasteiger partial charge in [0.05, 0.1) is 12.2 Å². The molecule has 190 valence electrons. The molecule has 0 heterocycles. The molecule has 0 aliphatic rings. The fraction of sp³-hybridized carbons (Fsp3) is 0.391. The van der Waals surface area contributed by atoms with Gasteiger partial charge in [-0.05, 0) is 45.1 Å². The number of carbonyl (C=O) groups is 1. The van der Waals surface area contributed by atoms with Gasteiger partial charge in [0.25, 0.3) is 5.91 Å². The average Bonchev–Trinajstić information content (AvgIpc) is 2.75. The van der Waals surface area contributed by atoms with Crippen molar-refractivity contribution in [2.45, 2.75) is 26.0 Å². The zero-order valence-electron chi connectivity index (χ0n) is 19.4. The lowest BCUT2D eigenvalue weighted by molar-refractivity contribution is -0.133. The maximum Gasteiger partial charge on any atom is 0.254 e. The summed E-state index contributed by atoms with van der Waals surface area (Å²) in [6.45, 7) is 2.84.